The highest BCUT2D eigenvalue weighted by atomic mass is 79.9. The Balaban J connectivity index is 0. The zero-order chi connectivity index (χ0) is 28.3. The van der Waals surface area contributed by atoms with E-state index >= 15 is 0 Å². The van der Waals surface area contributed by atoms with Gasteiger partial charge in [0.05, 0.1) is 11.1 Å². The van der Waals surface area contributed by atoms with Crippen LogP contribution in [0.1, 0.15) is 42.5 Å². The number of halogens is 13. The van der Waals surface area contributed by atoms with E-state index in [1.54, 1.807) is 0 Å². The monoisotopic (exact) mass is 752 g/mol. The highest BCUT2D eigenvalue weighted by Gasteiger charge is 2.36. The van der Waals surface area contributed by atoms with E-state index in [0.717, 1.165) is 6.07 Å². The van der Waals surface area contributed by atoms with Gasteiger partial charge in [0, 0.05) is 53.9 Å². The van der Waals surface area contributed by atoms with Gasteiger partial charge in [0.2, 0.25) is 9.23 Å². The standard InChI is InChI=1S/C10H8BrClF4.C10H9BrF4O.CH4.Cl2OS/c11-8-4-3-7(10(14,15)16)9(13)6(8)2-1-5-12;11-8-4-3-7(10(13,14)15)9(12)6(8)2-1-5-16;;1-4(2)3/h3-4H,1-2,5H2;3-4,16H,1-2,5H2;1H4;. The number of benzene rings is 2. The Morgan fingerprint density at radius 1 is 0.784 bits per heavy atom. The minimum absolute atomic E-state index is 0. The normalized spacial score (nSPS) is 11.2. The van der Waals surface area contributed by atoms with Crippen LogP contribution in [-0.4, -0.2) is 21.8 Å². The maximum Gasteiger partial charge on any atom is 0.419 e. The van der Waals surface area contributed by atoms with Crippen LogP contribution in [0.2, 0.25) is 0 Å². The number of aliphatic hydroxyl groups excluding tert-OH is 1. The third-order valence-electron chi connectivity index (χ3n) is 4.13. The highest BCUT2D eigenvalue weighted by Crippen LogP contribution is 2.36. The molecule has 0 aromatic heterocycles. The van der Waals surface area contributed by atoms with Crippen LogP contribution in [0.15, 0.2) is 33.2 Å². The minimum Gasteiger partial charge on any atom is -0.396 e. The average Bonchev–Trinajstić information content (AvgIpc) is 2.71. The number of hydrogen-bond donors (Lipinski definition) is 1. The molecule has 2 aromatic rings. The molecule has 0 fully saturated rings. The molecule has 0 saturated carbocycles. The molecule has 0 aliphatic heterocycles. The van der Waals surface area contributed by atoms with E-state index in [9.17, 15) is 35.1 Å². The molecule has 0 radical (unpaired) electrons. The summed E-state index contributed by atoms with van der Waals surface area (Å²) < 4.78 is 111. The average molecular weight is 756 g/mol. The van der Waals surface area contributed by atoms with Crippen LogP contribution in [0.5, 0.6) is 0 Å². The molecule has 0 amide bonds. The van der Waals surface area contributed by atoms with Crippen molar-refractivity contribution in [2.24, 2.45) is 0 Å². The Kier molecular flexibility index (Phi) is 19.2. The first-order valence-electron chi connectivity index (χ1n) is 9.48. The molecule has 1 N–H and O–H groups in total. The minimum atomic E-state index is -4.70. The third-order valence-corrected chi connectivity index (χ3v) is 5.88. The van der Waals surface area contributed by atoms with E-state index in [-0.39, 0.29) is 54.8 Å². The molecule has 0 spiro atoms. The Labute approximate surface area is 242 Å². The maximum absolute atomic E-state index is 13.6. The summed E-state index contributed by atoms with van der Waals surface area (Å²) in [6.07, 6.45) is -8.47. The fraction of sp³-hybridized carbons (Fsp3) is 0.429. The van der Waals surface area contributed by atoms with Crippen molar-refractivity contribution in [2.75, 3.05) is 12.5 Å². The van der Waals surface area contributed by atoms with Crippen molar-refractivity contribution in [3.05, 3.63) is 67.1 Å². The summed E-state index contributed by atoms with van der Waals surface area (Å²) in [7, 11) is 7.36. The molecule has 0 aliphatic carbocycles. The lowest BCUT2D eigenvalue weighted by Gasteiger charge is -2.12. The van der Waals surface area contributed by atoms with Crippen LogP contribution in [0.3, 0.4) is 0 Å². The smallest absolute Gasteiger partial charge is 0.396 e. The van der Waals surface area contributed by atoms with Gasteiger partial charge in [-0.25, -0.2) is 13.0 Å². The first-order chi connectivity index (χ1) is 16.5. The van der Waals surface area contributed by atoms with Crippen molar-refractivity contribution in [3.8, 4) is 0 Å². The molecule has 0 atom stereocenters. The van der Waals surface area contributed by atoms with E-state index in [1.807, 2.05) is 0 Å². The predicted octanol–water partition coefficient (Wildman–Crippen LogP) is 9.99. The third kappa shape index (κ3) is 14.1. The first-order valence-corrected chi connectivity index (χ1v) is 14.4. The lowest BCUT2D eigenvalue weighted by molar-refractivity contribution is -0.140. The maximum atomic E-state index is 13.6. The number of rotatable bonds is 6. The summed E-state index contributed by atoms with van der Waals surface area (Å²) in [5, 5.41) is 8.58. The van der Waals surface area contributed by atoms with Crippen LogP contribution >= 0.6 is 64.8 Å². The molecule has 0 heterocycles. The zero-order valence-corrected chi connectivity index (χ0v) is 24.0. The summed E-state index contributed by atoms with van der Waals surface area (Å²) in [5.41, 5.74) is -2.54. The van der Waals surface area contributed by atoms with E-state index in [0.29, 0.717) is 17.0 Å². The molecular formula is C21H21Br2Cl3F8O2S. The van der Waals surface area contributed by atoms with Gasteiger partial charge in [-0.1, -0.05) is 39.3 Å². The summed E-state index contributed by atoms with van der Waals surface area (Å²) in [5.74, 6) is -2.20. The van der Waals surface area contributed by atoms with Gasteiger partial charge >= 0.3 is 12.4 Å². The molecular weight excluding hydrogens is 734 g/mol. The summed E-state index contributed by atoms with van der Waals surface area (Å²) in [4.78, 5) is 0. The van der Waals surface area contributed by atoms with Gasteiger partial charge in [-0.15, -0.1) is 11.6 Å². The van der Waals surface area contributed by atoms with E-state index in [1.165, 1.54) is 12.1 Å². The largest absolute Gasteiger partial charge is 0.419 e. The second-order valence-electron chi connectivity index (χ2n) is 6.57. The molecule has 2 nitrogen and oxygen atoms in total. The molecule has 0 saturated heterocycles. The van der Waals surface area contributed by atoms with Crippen LogP contribution in [0, 0.1) is 11.6 Å². The van der Waals surface area contributed by atoms with Crippen molar-refractivity contribution in [3.63, 3.8) is 0 Å². The van der Waals surface area contributed by atoms with Gasteiger partial charge in [0.15, 0.2) is 0 Å². The van der Waals surface area contributed by atoms with Crippen molar-refractivity contribution < 1.29 is 44.4 Å². The van der Waals surface area contributed by atoms with Crippen LogP contribution in [0.4, 0.5) is 35.1 Å². The first kappa shape index (κ1) is 39.0. The second-order valence-corrected chi connectivity index (χ2v) is 11.2. The fourth-order valence-electron chi connectivity index (χ4n) is 2.59. The SMILES string of the molecule is C.Fc1c(C(F)(F)F)ccc(Br)c1CCCCl.O=S(Cl)Cl.OCCCc1c(Br)ccc(C(F)(F)F)c1F. The molecule has 37 heavy (non-hydrogen) atoms. The summed E-state index contributed by atoms with van der Waals surface area (Å²) in [6, 6.07) is 3.79. The van der Waals surface area contributed by atoms with Gasteiger partial charge in [-0.05, 0) is 49.9 Å². The quantitative estimate of drug-likeness (QED) is 0.181. The number of alkyl halides is 7. The molecule has 2 aromatic carbocycles. The highest BCUT2D eigenvalue weighted by molar-refractivity contribution is 9.10. The molecule has 0 unspecified atom stereocenters. The molecule has 2 rings (SSSR count). The summed E-state index contributed by atoms with van der Waals surface area (Å²) >= 11 is 11.4. The van der Waals surface area contributed by atoms with Gasteiger partial charge in [-0.3, -0.25) is 0 Å². The van der Waals surface area contributed by atoms with Crippen molar-refractivity contribution in [1.82, 2.24) is 0 Å². The van der Waals surface area contributed by atoms with E-state index < -0.39 is 44.3 Å². The Morgan fingerprint density at radius 2 is 1.11 bits per heavy atom. The van der Waals surface area contributed by atoms with Gasteiger partial charge in [0.1, 0.15) is 11.6 Å². The Hall–Kier alpha value is -0.180. The van der Waals surface area contributed by atoms with Crippen molar-refractivity contribution >= 4 is 74.1 Å². The fourth-order valence-corrected chi connectivity index (χ4v) is 3.73. The van der Waals surface area contributed by atoms with Gasteiger partial charge in [-0.2, -0.15) is 26.3 Å². The number of aliphatic hydroxyl groups is 1. The zero-order valence-electron chi connectivity index (χ0n) is 17.7. The van der Waals surface area contributed by atoms with E-state index in [2.05, 4.69) is 53.2 Å². The number of hydrogen-bond acceptors (Lipinski definition) is 2. The van der Waals surface area contributed by atoms with Crippen LogP contribution in [-0.2, 0) is 34.4 Å². The molecule has 0 aliphatic rings. The lowest BCUT2D eigenvalue weighted by atomic mass is 10.1. The van der Waals surface area contributed by atoms with Crippen LogP contribution in [0.25, 0.3) is 0 Å². The lowest BCUT2D eigenvalue weighted by Crippen LogP contribution is -2.10. The van der Waals surface area contributed by atoms with Crippen molar-refractivity contribution in [1.29, 1.82) is 0 Å². The molecule has 214 valence electrons. The topological polar surface area (TPSA) is 37.3 Å². The molecule has 0 bridgehead atoms. The van der Waals surface area contributed by atoms with Gasteiger partial charge < -0.3 is 5.11 Å². The second kappa shape index (κ2) is 18.2. The Bertz CT molecular complexity index is 932. The Morgan fingerprint density at radius 3 is 1.38 bits per heavy atom. The van der Waals surface area contributed by atoms with E-state index in [4.69, 9.17) is 20.9 Å². The molecule has 16 heteroatoms. The van der Waals surface area contributed by atoms with Crippen molar-refractivity contribution in [2.45, 2.75) is 45.5 Å². The predicted molar refractivity (Wildman–Crippen MR) is 139 cm³/mol. The van der Waals surface area contributed by atoms with Gasteiger partial charge in [0.25, 0.3) is 0 Å². The van der Waals surface area contributed by atoms with Crippen LogP contribution < -0.4 is 0 Å². The summed E-state index contributed by atoms with van der Waals surface area (Å²) in [6.45, 7) is -0.192.